The van der Waals surface area contributed by atoms with Gasteiger partial charge in [0, 0.05) is 12.1 Å². The highest BCUT2D eigenvalue weighted by Crippen LogP contribution is 2.33. The second-order valence-corrected chi connectivity index (χ2v) is 4.25. The molecule has 1 unspecified atom stereocenters. The van der Waals surface area contributed by atoms with Gasteiger partial charge in [0.15, 0.2) is 0 Å². The summed E-state index contributed by atoms with van der Waals surface area (Å²) < 4.78 is 6.93. The zero-order chi connectivity index (χ0) is 13.1. The van der Waals surface area contributed by atoms with Crippen LogP contribution in [0.25, 0.3) is 0 Å². The number of aryl methyl sites for hydroxylation is 1. The van der Waals surface area contributed by atoms with Crippen LogP contribution in [0.3, 0.4) is 0 Å². The maximum absolute atomic E-state index is 10.5. The van der Waals surface area contributed by atoms with E-state index in [1.165, 1.54) is 0 Å². The fraction of sp³-hybridized carbons (Fsp3) is 0.308. The molecule has 1 N–H and O–H groups in total. The summed E-state index contributed by atoms with van der Waals surface area (Å²) >= 11 is 6.08. The monoisotopic (exact) mass is 266 g/mol. The van der Waals surface area contributed by atoms with Crippen LogP contribution < -0.4 is 4.74 Å². The van der Waals surface area contributed by atoms with E-state index in [0.717, 1.165) is 0 Å². The number of benzene rings is 1. The first-order valence-electron chi connectivity index (χ1n) is 5.71. The average Bonchev–Trinajstić information content (AvgIpc) is 2.79. The number of hydrogen-bond acceptors (Lipinski definition) is 3. The van der Waals surface area contributed by atoms with Crippen molar-refractivity contribution in [2.75, 3.05) is 7.11 Å². The first-order chi connectivity index (χ1) is 8.69. The van der Waals surface area contributed by atoms with E-state index in [-0.39, 0.29) is 0 Å². The summed E-state index contributed by atoms with van der Waals surface area (Å²) in [5, 5.41) is 15.0. The SMILES string of the molecule is CCn1ncc(Cl)c1C(O)c1ccccc1OC. The van der Waals surface area contributed by atoms with Crippen molar-refractivity contribution in [1.29, 1.82) is 0 Å². The van der Waals surface area contributed by atoms with Crippen LogP contribution in [0.5, 0.6) is 5.75 Å². The van der Waals surface area contributed by atoms with Crippen molar-refractivity contribution in [3.8, 4) is 5.75 Å². The van der Waals surface area contributed by atoms with Gasteiger partial charge in [-0.3, -0.25) is 4.68 Å². The molecule has 0 spiro atoms. The molecule has 2 rings (SSSR count). The summed E-state index contributed by atoms with van der Waals surface area (Å²) in [5.41, 5.74) is 1.26. The van der Waals surface area contributed by atoms with Gasteiger partial charge in [-0.05, 0) is 13.0 Å². The molecule has 0 aliphatic carbocycles. The smallest absolute Gasteiger partial charge is 0.126 e. The molecule has 1 atom stereocenters. The van der Waals surface area contributed by atoms with Crippen molar-refractivity contribution in [2.24, 2.45) is 0 Å². The highest BCUT2D eigenvalue weighted by atomic mass is 35.5. The highest BCUT2D eigenvalue weighted by Gasteiger charge is 2.21. The van der Waals surface area contributed by atoms with Gasteiger partial charge in [0.1, 0.15) is 11.9 Å². The molecule has 0 saturated carbocycles. The second-order valence-electron chi connectivity index (χ2n) is 3.84. The molecule has 2 aromatic rings. The van der Waals surface area contributed by atoms with Crippen LogP contribution in [-0.4, -0.2) is 22.0 Å². The van der Waals surface area contributed by atoms with Gasteiger partial charge in [0.05, 0.1) is 24.0 Å². The van der Waals surface area contributed by atoms with Gasteiger partial charge in [-0.2, -0.15) is 5.10 Å². The van der Waals surface area contributed by atoms with E-state index in [4.69, 9.17) is 16.3 Å². The maximum Gasteiger partial charge on any atom is 0.126 e. The zero-order valence-corrected chi connectivity index (χ0v) is 11.1. The van der Waals surface area contributed by atoms with E-state index in [9.17, 15) is 5.11 Å². The van der Waals surface area contributed by atoms with Gasteiger partial charge in [-0.25, -0.2) is 0 Å². The third kappa shape index (κ3) is 2.21. The molecular weight excluding hydrogens is 252 g/mol. The third-order valence-corrected chi connectivity index (χ3v) is 3.12. The van der Waals surface area contributed by atoms with Crippen molar-refractivity contribution < 1.29 is 9.84 Å². The molecule has 0 aliphatic heterocycles. The van der Waals surface area contributed by atoms with Crippen molar-refractivity contribution in [2.45, 2.75) is 19.6 Å². The number of hydrogen-bond donors (Lipinski definition) is 1. The second kappa shape index (κ2) is 5.42. The first-order valence-corrected chi connectivity index (χ1v) is 6.09. The molecule has 1 aromatic carbocycles. The largest absolute Gasteiger partial charge is 0.496 e. The molecule has 96 valence electrons. The lowest BCUT2D eigenvalue weighted by Crippen LogP contribution is -2.10. The molecule has 4 nitrogen and oxygen atoms in total. The summed E-state index contributed by atoms with van der Waals surface area (Å²) in [6, 6.07) is 7.32. The molecule has 18 heavy (non-hydrogen) atoms. The molecule has 1 aromatic heterocycles. The number of para-hydroxylation sites is 1. The molecule has 0 radical (unpaired) electrons. The minimum atomic E-state index is -0.851. The number of aliphatic hydroxyl groups is 1. The molecule has 0 saturated heterocycles. The van der Waals surface area contributed by atoms with Crippen molar-refractivity contribution in [3.63, 3.8) is 0 Å². The number of methoxy groups -OCH3 is 1. The van der Waals surface area contributed by atoms with Crippen LogP contribution >= 0.6 is 11.6 Å². The minimum absolute atomic E-state index is 0.454. The lowest BCUT2D eigenvalue weighted by atomic mass is 10.1. The number of nitrogens with zero attached hydrogens (tertiary/aromatic N) is 2. The standard InChI is InChI=1S/C13H15ClN2O2/c1-3-16-12(10(14)8-15-16)13(17)9-6-4-5-7-11(9)18-2/h4-8,13,17H,3H2,1-2H3. The van der Waals surface area contributed by atoms with Gasteiger partial charge in [-0.1, -0.05) is 29.8 Å². The number of rotatable bonds is 4. The number of halogens is 1. The number of aromatic nitrogens is 2. The van der Waals surface area contributed by atoms with Gasteiger partial charge in [-0.15, -0.1) is 0 Å². The molecular formula is C13H15ClN2O2. The van der Waals surface area contributed by atoms with Crippen LogP contribution in [0.2, 0.25) is 5.02 Å². The minimum Gasteiger partial charge on any atom is -0.496 e. The van der Waals surface area contributed by atoms with E-state index in [2.05, 4.69) is 5.10 Å². The van der Waals surface area contributed by atoms with Gasteiger partial charge < -0.3 is 9.84 Å². The molecule has 1 heterocycles. The van der Waals surface area contributed by atoms with Crippen LogP contribution in [0.15, 0.2) is 30.5 Å². The average molecular weight is 267 g/mol. The van der Waals surface area contributed by atoms with Crippen LogP contribution in [0.1, 0.15) is 24.3 Å². The maximum atomic E-state index is 10.5. The van der Waals surface area contributed by atoms with Crippen LogP contribution in [0.4, 0.5) is 0 Å². The Morgan fingerprint density at radius 2 is 2.17 bits per heavy atom. The topological polar surface area (TPSA) is 47.3 Å². The Bertz CT molecular complexity index is 540. The molecule has 0 bridgehead atoms. The predicted molar refractivity (Wildman–Crippen MR) is 70.0 cm³/mol. The van der Waals surface area contributed by atoms with E-state index in [0.29, 0.717) is 28.6 Å². The Hall–Kier alpha value is -1.52. The Morgan fingerprint density at radius 3 is 2.83 bits per heavy atom. The zero-order valence-electron chi connectivity index (χ0n) is 10.3. The third-order valence-electron chi connectivity index (χ3n) is 2.83. The normalized spacial score (nSPS) is 12.4. The van der Waals surface area contributed by atoms with Gasteiger partial charge in [0.2, 0.25) is 0 Å². The number of aliphatic hydroxyl groups excluding tert-OH is 1. The lowest BCUT2D eigenvalue weighted by molar-refractivity contribution is 0.203. The van der Waals surface area contributed by atoms with Crippen molar-refractivity contribution in [1.82, 2.24) is 9.78 Å². The van der Waals surface area contributed by atoms with E-state index >= 15 is 0 Å². The Balaban J connectivity index is 2.47. The summed E-state index contributed by atoms with van der Waals surface area (Å²) in [7, 11) is 1.57. The summed E-state index contributed by atoms with van der Waals surface area (Å²) in [4.78, 5) is 0. The quantitative estimate of drug-likeness (QED) is 0.925. The number of ether oxygens (including phenoxy) is 1. The Kier molecular flexibility index (Phi) is 3.89. The summed E-state index contributed by atoms with van der Waals surface area (Å²) in [5.74, 6) is 0.630. The first kappa shape index (κ1) is 12.9. The molecule has 0 amide bonds. The van der Waals surface area contributed by atoms with E-state index in [1.54, 1.807) is 24.1 Å². The fourth-order valence-electron chi connectivity index (χ4n) is 1.94. The molecule has 5 heteroatoms. The van der Waals surface area contributed by atoms with Crippen LogP contribution in [-0.2, 0) is 6.54 Å². The van der Waals surface area contributed by atoms with Crippen molar-refractivity contribution >= 4 is 11.6 Å². The molecule has 0 fully saturated rings. The Morgan fingerprint density at radius 1 is 1.44 bits per heavy atom. The Labute approximate surface area is 111 Å². The highest BCUT2D eigenvalue weighted by molar-refractivity contribution is 6.31. The lowest BCUT2D eigenvalue weighted by Gasteiger charge is -2.16. The summed E-state index contributed by atoms with van der Waals surface area (Å²) in [6.07, 6.45) is 0.690. The summed E-state index contributed by atoms with van der Waals surface area (Å²) in [6.45, 7) is 2.59. The predicted octanol–water partition coefficient (Wildman–Crippen LogP) is 2.65. The van der Waals surface area contributed by atoms with Gasteiger partial charge >= 0.3 is 0 Å². The van der Waals surface area contributed by atoms with Gasteiger partial charge in [0.25, 0.3) is 0 Å². The van der Waals surface area contributed by atoms with Crippen molar-refractivity contribution in [3.05, 3.63) is 46.7 Å². The van der Waals surface area contributed by atoms with E-state index in [1.807, 2.05) is 25.1 Å². The van der Waals surface area contributed by atoms with E-state index < -0.39 is 6.10 Å². The molecule has 0 aliphatic rings. The van der Waals surface area contributed by atoms with Crippen LogP contribution in [0, 0.1) is 0 Å². The fourth-order valence-corrected chi connectivity index (χ4v) is 2.18.